The fourth-order valence-electron chi connectivity index (χ4n) is 2.20. The van der Waals surface area contributed by atoms with Crippen molar-refractivity contribution >= 4 is 35.5 Å². The molecule has 0 aliphatic heterocycles. The molecule has 0 aromatic heterocycles. The largest absolute Gasteiger partial charge is 0.454 e. The Bertz CT molecular complexity index is 892. The van der Waals surface area contributed by atoms with E-state index >= 15 is 0 Å². The molecule has 8 heteroatoms. The van der Waals surface area contributed by atoms with Gasteiger partial charge < -0.3 is 20.7 Å². The Morgan fingerprint density at radius 2 is 1.66 bits per heavy atom. The molecule has 3 amide bonds. The van der Waals surface area contributed by atoms with Gasteiger partial charge >= 0.3 is 5.97 Å². The Labute approximate surface area is 167 Å². The molecule has 3 N–H and O–H groups in total. The van der Waals surface area contributed by atoms with E-state index in [1.807, 2.05) is 30.3 Å². The molecule has 0 aliphatic rings. The molecule has 0 heterocycles. The second-order valence-electron chi connectivity index (χ2n) is 5.83. The number of carbonyl (C=O) groups is 4. The molecular weight excluding hydrogens is 374 g/mol. The molecule has 0 fully saturated rings. The molecule has 0 saturated carbocycles. The van der Waals surface area contributed by atoms with E-state index in [1.165, 1.54) is 13.1 Å². The van der Waals surface area contributed by atoms with Gasteiger partial charge in [-0.25, -0.2) is 0 Å². The second-order valence-corrected chi connectivity index (χ2v) is 5.83. The van der Waals surface area contributed by atoms with E-state index in [1.54, 1.807) is 30.3 Å². The van der Waals surface area contributed by atoms with Crippen LogP contribution in [0.25, 0.3) is 6.08 Å². The molecule has 0 radical (unpaired) electrons. The summed E-state index contributed by atoms with van der Waals surface area (Å²) in [5.41, 5.74) is 1.76. The number of nitrogens with one attached hydrogen (secondary N) is 3. The van der Waals surface area contributed by atoms with Crippen LogP contribution in [0.5, 0.6) is 0 Å². The molecule has 150 valence electrons. The number of anilines is 1. The Hall–Kier alpha value is -3.94. The summed E-state index contributed by atoms with van der Waals surface area (Å²) in [7, 11) is 1.52. The highest BCUT2D eigenvalue weighted by Gasteiger charge is 2.09. The van der Waals surface area contributed by atoms with Gasteiger partial charge in [-0.05, 0) is 35.9 Å². The quantitative estimate of drug-likeness (QED) is 0.461. The van der Waals surface area contributed by atoms with Crippen molar-refractivity contribution in [1.29, 1.82) is 0 Å². The number of rotatable bonds is 8. The molecule has 2 rings (SSSR count). The molecule has 0 unspecified atom stereocenters. The Morgan fingerprint density at radius 1 is 0.966 bits per heavy atom. The molecule has 0 aliphatic carbocycles. The average molecular weight is 395 g/mol. The number of esters is 1. The van der Waals surface area contributed by atoms with Crippen LogP contribution in [0.2, 0.25) is 0 Å². The average Bonchev–Trinajstić information content (AvgIpc) is 2.75. The summed E-state index contributed by atoms with van der Waals surface area (Å²) in [4.78, 5) is 46.6. The minimum atomic E-state index is -0.739. The van der Waals surface area contributed by atoms with Crippen molar-refractivity contribution in [2.24, 2.45) is 0 Å². The Balaban J connectivity index is 1.69. The van der Waals surface area contributed by atoms with Crippen LogP contribution in [0.4, 0.5) is 5.69 Å². The molecule has 29 heavy (non-hydrogen) atoms. The van der Waals surface area contributed by atoms with E-state index in [9.17, 15) is 19.2 Å². The molecule has 8 nitrogen and oxygen atoms in total. The standard InChI is InChI=1S/C21H21N3O5/c1-22-21(28)16-8-10-17(11-9-16)24-19(26)14-29-20(27)13-23-18(25)12-7-15-5-3-2-4-6-15/h2-12H,13-14H2,1H3,(H,22,28)(H,23,25)(H,24,26)/b12-7+. The summed E-state index contributed by atoms with van der Waals surface area (Å²) in [5, 5.41) is 7.41. The lowest BCUT2D eigenvalue weighted by atomic mass is 10.2. The van der Waals surface area contributed by atoms with Gasteiger partial charge in [0.1, 0.15) is 6.54 Å². The topological polar surface area (TPSA) is 114 Å². The van der Waals surface area contributed by atoms with Gasteiger partial charge in [-0.1, -0.05) is 30.3 Å². The van der Waals surface area contributed by atoms with E-state index in [0.29, 0.717) is 11.3 Å². The van der Waals surface area contributed by atoms with E-state index in [0.717, 1.165) is 5.56 Å². The molecule has 2 aromatic carbocycles. The maximum atomic E-state index is 11.8. The smallest absolute Gasteiger partial charge is 0.325 e. The van der Waals surface area contributed by atoms with Crippen molar-refractivity contribution in [2.75, 3.05) is 25.5 Å². The zero-order chi connectivity index (χ0) is 21.1. The first-order chi connectivity index (χ1) is 14.0. The first-order valence-corrected chi connectivity index (χ1v) is 8.76. The maximum absolute atomic E-state index is 11.8. The van der Waals surface area contributed by atoms with E-state index in [4.69, 9.17) is 4.74 Å². The van der Waals surface area contributed by atoms with E-state index in [-0.39, 0.29) is 12.5 Å². The lowest BCUT2D eigenvalue weighted by molar-refractivity contribution is -0.146. The van der Waals surface area contributed by atoms with Crippen molar-refractivity contribution in [2.45, 2.75) is 0 Å². The highest BCUT2D eigenvalue weighted by atomic mass is 16.5. The van der Waals surface area contributed by atoms with Crippen LogP contribution in [-0.4, -0.2) is 43.9 Å². The molecule has 2 aromatic rings. The number of benzene rings is 2. The summed E-state index contributed by atoms with van der Waals surface area (Å²) in [6, 6.07) is 15.5. The first-order valence-electron chi connectivity index (χ1n) is 8.76. The summed E-state index contributed by atoms with van der Waals surface area (Å²) >= 11 is 0. The number of carbonyl (C=O) groups excluding carboxylic acids is 4. The molecule has 0 spiro atoms. The van der Waals surface area contributed by atoms with Crippen molar-refractivity contribution in [3.63, 3.8) is 0 Å². The third-order valence-corrected chi connectivity index (χ3v) is 3.66. The van der Waals surface area contributed by atoms with Crippen molar-refractivity contribution in [3.05, 3.63) is 71.8 Å². The zero-order valence-electron chi connectivity index (χ0n) is 15.8. The predicted octanol–water partition coefficient (Wildman–Crippen LogP) is 1.36. The van der Waals surface area contributed by atoms with Crippen LogP contribution in [0.3, 0.4) is 0 Å². The fourth-order valence-corrected chi connectivity index (χ4v) is 2.20. The van der Waals surface area contributed by atoms with Crippen molar-refractivity contribution in [1.82, 2.24) is 10.6 Å². The third-order valence-electron chi connectivity index (χ3n) is 3.66. The van der Waals surface area contributed by atoms with Crippen LogP contribution in [0.15, 0.2) is 60.7 Å². The lowest BCUT2D eigenvalue weighted by Crippen LogP contribution is -2.31. The van der Waals surface area contributed by atoms with Crippen LogP contribution in [-0.2, 0) is 19.1 Å². The summed E-state index contributed by atoms with van der Waals surface area (Å²) in [6.45, 7) is -0.849. The second kappa shape index (κ2) is 11.0. The zero-order valence-corrected chi connectivity index (χ0v) is 15.8. The van der Waals surface area contributed by atoms with Gasteiger partial charge in [0.2, 0.25) is 5.91 Å². The summed E-state index contributed by atoms with van der Waals surface area (Å²) in [5.74, 6) is -1.97. The highest BCUT2D eigenvalue weighted by molar-refractivity contribution is 5.96. The number of amides is 3. The molecule has 0 atom stereocenters. The van der Waals surface area contributed by atoms with Gasteiger partial charge in [0, 0.05) is 24.4 Å². The van der Waals surface area contributed by atoms with Crippen LogP contribution < -0.4 is 16.0 Å². The van der Waals surface area contributed by atoms with Crippen molar-refractivity contribution < 1.29 is 23.9 Å². The van der Waals surface area contributed by atoms with Gasteiger partial charge in [-0.3, -0.25) is 19.2 Å². The van der Waals surface area contributed by atoms with E-state index in [2.05, 4.69) is 16.0 Å². The molecule has 0 bridgehead atoms. The monoisotopic (exact) mass is 395 g/mol. The minimum Gasteiger partial charge on any atom is -0.454 e. The first kappa shape index (κ1) is 21.4. The highest BCUT2D eigenvalue weighted by Crippen LogP contribution is 2.09. The van der Waals surface area contributed by atoms with Gasteiger partial charge in [0.15, 0.2) is 6.61 Å². The fraction of sp³-hybridized carbons (Fsp3) is 0.143. The third kappa shape index (κ3) is 7.67. The minimum absolute atomic E-state index is 0.238. The van der Waals surface area contributed by atoms with Crippen LogP contribution in [0.1, 0.15) is 15.9 Å². The molecular formula is C21H21N3O5. The lowest BCUT2D eigenvalue weighted by Gasteiger charge is -2.07. The van der Waals surface area contributed by atoms with Crippen LogP contribution >= 0.6 is 0 Å². The van der Waals surface area contributed by atoms with Crippen molar-refractivity contribution in [3.8, 4) is 0 Å². The number of ether oxygens (including phenoxy) is 1. The number of hydrogen-bond donors (Lipinski definition) is 3. The SMILES string of the molecule is CNC(=O)c1ccc(NC(=O)COC(=O)CNC(=O)/C=C/c2ccccc2)cc1. The van der Waals surface area contributed by atoms with Gasteiger partial charge in [0.05, 0.1) is 0 Å². The molecule has 0 saturated heterocycles. The summed E-state index contributed by atoms with van der Waals surface area (Å²) in [6.07, 6.45) is 2.92. The van der Waals surface area contributed by atoms with Crippen LogP contribution in [0, 0.1) is 0 Å². The Morgan fingerprint density at radius 3 is 2.31 bits per heavy atom. The summed E-state index contributed by atoms with van der Waals surface area (Å²) < 4.78 is 4.81. The Kier molecular flexibility index (Phi) is 8.12. The van der Waals surface area contributed by atoms with Gasteiger partial charge in [-0.2, -0.15) is 0 Å². The van der Waals surface area contributed by atoms with Gasteiger partial charge in [0.25, 0.3) is 11.8 Å². The number of hydrogen-bond acceptors (Lipinski definition) is 5. The van der Waals surface area contributed by atoms with Gasteiger partial charge in [-0.15, -0.1) is 0 Å². The maximum Gasteiger partial charge on any atom is 0.325 e. The normalized spacial score (nSPS) is 10.2. The predicted molar refractivity (Wildman–Crippen MR) is 108 cm³/mol. The van der Waals surface area contributed by atoms with E-state index < -0.39 is 24.4 Å².